The number of benzene rings is 1. The number of rotatable bonds is 6. The van der Waals surface area contributed by atoms with Crippen molar-refractivity contribution in [2.45, 2.75) is 42.8 Å². The molecule has 26 heavy (non-hydrogen) atoms. The van der Waals surface area contributed by atoms with Crippen molar-refractivity contribution in [3.63, 3.8) is 0 Å². The Bertz CT molecular complexity index is 678. The van der Waals surface area contributed by atoms with E-state index in [2.05, 4.69) is 10.6 Å². The van der Waals surface area contributed by atoms with E-state index in [4.69, 9.17) is 4.74 Å². The highest BCUT2D eigenvalue weighted by atomic mass is 35.5. The van der Waals surface area contributed by atoms with E-state index in [1.807, 2.05) is 12.1 Å². The molecule has 0 spiro atoms. The van der Waals surface area contributed by atoms with Crippen molar-refractivity contribution in [1.82, 2.24) is 14.9 Å². The summed E-state index contributed by atoms with van der Waals surface area (Å²) in [6.07, 6.45) is 3.53. The molecule has 0 radical (unpaired) electrons. The fourth-order valence-electron chi connectivity index (χ4n) is 3.92. The summed E-state index contributed by atoms with van der Waals surface area (Å²) in [4.78, 5) is 0.390. The Hall–Kier alpha value is -0.700. The smallest absolute Gasteiger partial charge is 0.242 e. The number of hydrogen-bond donors (Lipinski definition) is 2. The maximum absolute atomic E-state index is 12.5. The predicted octanol–water partition coefficient (Wildman–Crippen LogP) is 1.61. The summed E-state index contributed by atoms with van der Waals surface area (Å²) in [6, 6.07) is 8.06. The van der Waals surface area contributed by atoms with Gasteiger partial charge in [-0.2, -0.15) is 0 Å². The van der Waals surface area contributed by atoms with E-state index < -0.39 is 10.0 Å². The van der Waals surface area contributed by atoms with Crippen LogP contribution in [0.4, 0.5) is 0 Å². The lowest BCUT2D eigenvalue weighted by molar-refractivity contribution is 0.0524. The van der Waals surface area contributed by atoms with Crippen LogP contribution in [-0.2, 0) is 21.3 Å². The van der Waals surface area contributed by atoms with Crippen LogP contribution in [0.15, 0.2) is 29.2 Å². The fraction of sp³-hybridized carbons (Fsp3) is 0.667. The summed E-state index contributed by atoms with van der Waals surface area (Å²) >= 11 is 0. The number of nitrogens with zero attached hydrogens (tertiary/aromatic N) is 1. The lowest BCUT2D eigenvalue weighted by Crippen LogP contribution is -2.50. The predicted molar refractivity (Wildman–Crippen MR) is 105 cm³/mol. The highest BCUT2D eigenvalue weighted by molar-refractivity contribution is 7.89. The first-order valence-corrected chi connectivity index (χ1v) is 10.5. The second kappa shape index (κ2) is 9.48. The zero-order chi connectivity index (χ0) is 17.9. The van der Waals surface area contributed by atoms with Crippen molar-refractivity contribution in [3.8, 4) is 0 Å². The van der Waals surface area contributed by atoms with Crippen LogP contribution in [0.3, 0.4) is 0 Å². The molecule has 2 aliphatic rings. The molecule has 1 aromatic carbocycles. The number of morpholine rings is 1. The molecule has 1 aliphatic carbocycles. The first-order valence-electron chi connectivity index (χ1n) is 9.05. The monoisotopic (exact) mass is 403 g/mol. The third-order valence-electron chi connectivity index (χ3n) is 5.32. The molecule has 3 atom stereocenters. The van der Waals surface area contributed by atoms with Crippen LogP contribution in [0.25, 0.3) is 0 Å². The van der Waals surface area contributed by atoms with Crippen molar-refractivity contribution in [2.75, 3.05) is 33.9 Å². The van der Waals surface area contributed by atoms with Gasteiger partial charge in [-0.15, -0.1) is 12.4 Å². The minimum atomic E-state index is -3.43. The Kier molecular flexibility index (Phi) is 7.88. The van der Waals surface area contributed by atoms with Crippen molar-refractivity contribution < 1.29 is 13.2 Å². The Balaban J connectivity index is 0.00000243. The second-order valence-corrected chi connectivity index (χ2v) is 9.23. The molecular weight excluding hydrogens is 374 g/mol. The summed E-state index contributed by atoms with van der Waals surface area (Å²) in [5.74, 6) is 0.540. The van der Waals surface area contributed by atoms with Gasteiger partial charge in [0, 0.05) is 39.3 Å². The van der Waals surface area contributed by atoms with Crippen LogP contribution in [0.2, 0.25) is 0 Å². The Morgan fingerprint density at radius 1 is 1.27 bits per heavy atom. The van der Waals surface area contributed by atoms with Gasteiger partial charge in [0.25, 0.3) is 0 Å². The van der Waals surface area contributed by atoms with Crippen LogP contribution in [0, 0.1) is 5.92 Å². The minimum Gasteiger partial charge on any atom is -0.379 e. The molecule has 0 bridgehead atoms. The van der Waals surface area contributed by atoms with E-state index in [1.165, 1.54) is 17.1 Å². The van der Waals surface area contributed by atoms with Crippen molar-refractivity contribution in [3.05, 3.63) is 29.8 Å². The molecule has 1 saturated carbocycles. The number of hydrogen-bond acceptors (Lipinski definition) is 5. The maximum atomic E-state index is 12.5. The molecular formula is C18H30ClN3O3S. The minimum absolute atomic E-state index is 0. The van der Waals surface area contributed by atoms with E-state index in [-0.39, 0.29) is 12.4 Å². The van der Waals surface area contributed by atoms with Gasteiger partial charge in [0.2, 0.25) is 10.0 Å². The molecule has 148 valence electrons. The zero-order valence-corrected chi connectivity index (χ0v) is 17.1. The van der Waals surface area contributed by atoms with Gasteiger partial charge in [-0.05, 0) is 30.4 Å². The summed E-state index contributed by atoms with van der Waals surface area (Å²) in [5, 5.41) is 7.19. The summed E-state index contributed by atoms with van der Waals surface area (Å²) in [7, 11) is -0.285. The van der Waals surface area contributed by atoms with Gasteiger partial charge < -0.3 is 15.4 Å². The molecule has 2 N–H and O–H groups in total. The number of ether oxygens (including phenoxy) is 1. The van der Waals surface area contributed by atoms with Crippen molar-refractivity contribution >= 4 is 22.4 Å². The lowest BCUT2D eigenvalue weighted by Gasteiger charge is -2.33. The van der Waals surface area contributed by atoms with E-state index >= 15 is 0 Å². The van der Waals surface area contributed by atoms with E-state index in [9.17, 15) is 8.42 Å². The Morgan fingerprint density at radius 2 is 2.04 bits per heavy atom. The molecule has 1 aliphatic heterocycles. The van der Waals surface area contributed by atoms with Crippen molar-refractivity contribution in [1.29, 1.82) is 0 Å². The van der Waals surface area contributed by atoms with Gasteiger partial charge in [-0.1, -0.05) is 24.6 Å². The maximum Gasteiger partial charge on any atom is 0.242 e. The van der Waals surface area contributed by atoms with E-state index in [1.54, 1.807) is 26.2 Å². The van der Waals surface area contributed by atoms with Gasteiger partial charge >= 0.3 is 0 Å². The first kappa shape index (κ1) is 21.6. The summed E-state index contributed by atoms with van der Waals surface area (Å²) in [5.41, 5.74) is 0.828. The Labute approximate surface area is 163 Å². The molecule has 1 saturated heterocycles. The van der Waals surface area contributed by atoms with Crippen molar-refractivity contribution in [2.24, 2.45) is 5.92 Å². The van der Waals surface area contributed by atoms with E-state index in [0.29, 0.717) is 29.4 Å². The van der Waals surface area contributed by atoms with Gasteiger partial charge in [-0.25, -0.2) is 12.7 Å². The quantitative estimate of drug-likeness (QED) is 0.755. The summed E-state index contributed by atoms with van der Waals surface area (Å²) in [6.45, 7) is 3.04. The highest BCUT2D eigenvalue weighted by Gasteiger charge is 2.34. The number of nitrogens with one attached hydrogen (secondary N) is 2. The van der Waals surface area contributed by atoms with Crippen LogP contribution in [0.5, 0.6) is 0 Å². The zero-order valence-electron chi connectivity index (χ0n) is 15.5. The fourth-order valence-corrected chi connectivity index (χ4v) is 5.04. The summed E-state index contributed by atoms with van der Waals surface area (Å²) < 4.78 is 32.0. The van der Waals surface area contributed by atoms with Gasteiger partial charge in [0.05, 0.1) is 18.1 Å². The molecule has 2 fully saturated rings. The Morgan fingerprint density at radius 3 is 2.73 bits per heavy atom. The second-order valence-electron chi connectivity index (χ2n) is 7.11. The molecule has 0 aromatic heterocycles. The molecule has 0 amide bonds. The van der Waals surface area contributed by atoms with Crippen LogP contribution >= 0.6 is 12.4 Å². The van der Waals surface area contributed by atoms with Gasteiger partial charge in [-0.3, -0.25) is 0 Å². The third kappa shape index (κ3) is 4.77. The standard InChI is InChI=1S/C18H29N3O3S.ClH/c1-21(2)25(22,23)18-9-4-3-6-14(18)12-20-16-8-5-7-15(16)17-13-24-11-10-19-17;/h3-4,6,9,15-17,19-20H,5,7-8,10-13H2,1-2H3;1H. The van der Waals surface area contributed by atoms with E-state index in [0.717, 1.165) is 31.7 Å². The first-order chi connectivity index (χ1) is 12.0. The van der Waals surface area contributed by atoms with Crippen LogP contribution < -0.4 is 10.6 Å². The third-order valence-corrected chi connectivity index (χ3v) is 7.24. The molecule has 8 heteroatoms. The molecule has 3 unspecified atom stereocenters. The molecule has 1 heterocycles. The average molecular weight is 404 g/mol. The molecule has 6 nitrogen and oxygen atoms in total. The highest BCUT2D eigenvalue weighted by Crippen LogP contribution is 2.30. The van der Waals surface area contributed by atoms with Gasteiger partial charge in [0.15, 0.2) is 0 Å². The average Bonchev–Trinajstić information content (AvgIpc) is 3.09. The number of sulfonamides is 1. The normalized spacial score (nSPS) is 26.7. The lowest BCUT2D eigenvalue weighted by atomic mass is 9.94. The topological polar surface area (TPSA) is 70.7 Å². The molecule has 1 aromatic rings. The van der Waals surface area contributed by atoms with Crippen LogP contribution in [0.1, 0.15) is 24.8 Å². The van der Waals surface area contributed by atoms with Gasteiger partial charge in [0.1, 0.15) is 0 Å². The molecule has 3 rings (SSSR count). The largest absolute Gasteiger partial charge is 0.379 e. The SMILES string of the molecule is CN(C)S(=O)(=O)c1ccccc1CNC1CCCC1C1COCCN1.Cl. The van der Waals surface area contributed by atoms with Crippen LogP contribution in [-0.4, -0.2) is 58.7 Å². The number of halogens is 1.